The fraction of sp³-hybridized carbons (Fsp3) is 0.455. The Morgan fingerprint density at radius 2 is 2.11 bits per heavy atom. The van der Waals surface area contributed by atoms with Gasteiger partial charge in [-0.05, 0) is 27.7 Å². The maximum Gasteiger partial charge on any atom is 0.239 e. The molecule has 2 rings (SSSR count). The Morgan fingerprint density at radius 3 is 2.63 bits per heavy atom. The van der Waals surface area contributed by atoms with Gasteiger partial charge in [-0.3, -0.25) is 9.89 Å². The number of nitrogens with zero attached hydrogens (tertiary/aromatic N) is 3. The zero-order valence-corrected chi connectivity index (χ0v) is 12.8. The van der Waals surface area contributed by atoms with Gasteiger partial charge in [0.15, 0.2) is 5.13 Å². The largest absolute Gasteiger partial charge is 0.301 e. The lowest BCUT2D eigenvalue weighted by atomic mass is 10.4. The number of thioether (sulfide) groups is 1. The first-order valence-electron chi connectivity index (χ1n) is 5.76. The summed E-state index contributed by atoms with van der Waals surface area (Å²) in [5.74, 6) is 0.641. The van der Waals surface area contributed by atoms with Gasteiger partial charge in [0, 0.05) is 4.88 Å². The normalized spacial score (nSPS) is 12.4. The summed E-state index contributed by atoms with van der Waals surface area (Å²) in [5.41, 5.74) is 0.949. The first-order valence-corrected chi connectivity index (χ1v) is 7.46. The average Bonchev–Trinajstić information content (AvgIpc) is 2.86. The van der Waals surface area contributed by atoms with Crippen LogP contribution >= 0.6 is 23.1 Å². The Morgan fingerprint density at radius 1 is 1.37 bits per heavy atom. The van der Waals surface area contributed by atoms with E-state index in [4.69, 9.17) is 0 Å². The van der Waals surface area contributed by atoms with E-state index in [9.17, 15) is 4.79 Å². The SMILES string of the molecule is Cc1nc(S[C@@H](C)C(=O)Nc2nc(C)c(C)s2)n[nH]1. The fourth-order valence-corrected chi connectivity index (χ4v) is 2.91. The number of aromatic amines is 1. The van der Waals surface area contributed by atoms with Crippen molar-refractivity contribution in [3.8, 4) is 0 Å². The van der Waals surface area contributed by atoms with Gasteiger partial charge in [-0.25, -0.2) is 9.97 Å². The van der Waals surface area contributed by atoms with Crippen LogP contribution in [0.5, 0.6) is 0 Å². The van der Waals surface area contributed by atoms with E-state index in [2.05, 4.69) is 25.5 Å². The van der Waals surface area contributed by atoms with Gasteiger partial charge in [-0.1, -0.05) is 11.8 Å². The Balaban J connectivity index is 1.95. The highest BCUT2D eigenvalue weighted by atomic mass is 32.2. The number of hydrogen-bond donors (Lipinski definition) is 2. The lowest BCUT2D eigenvalue weighted by Crippen LogP contribution is -2.22. The first-order chi connectivity index (χ1) is 8.95. The minimum Gasteiger partial charge on any atom is -0.301 e. The molecule has 0 saturated carbocycles. The molecular formula is C11H15N5OS2. The van der Waals surface area contributed by atoms with Crippen molar-refractivity contribution in [2.45, 2.75) is 38.1 Å². The zero-order valence-electron chi connectivity index (χ0n) is 11.1. The number of hydrogen-bond acceptors (Lipinski definition) is 6. The third-order valence-electron chi connectivity index (χ3n) is 2.49. The smallest absolute Gasteiger partial charge is 0.239 e. The van der Waals surface area contributed by atoms with Gasteiger partial charge >= 0.3 is 0 Å². The molecule has 0 aliphatic rings. The molecule has 0 saturated heterocycles. The van der Waals surface area contributed by atoms with E-state index in [0.29, 0.717) is 10.3 Å². The van der Waals surface area contributed by atoms with Crippen LogP contribution in [0.15, 0.2) is 5.16 Å². The Hall–Kier alpha value is -1.41. The Kier molecular flexibility index (Phi) is 4.20. The number of aryl methyl sites for hydroxylation is 3. The number of anilines is 1. The van der Waals surface area contributed by atoms with E-state index in [1.807, 2.05) is 27.7 Å². The van der Waals surface area contributed by atoms with Crippen LogP contribution in [-0.4, -0.2) is 31.3 Å². The highest BCUT2D eigenvalue weighted by Gasteiger charge is 2.18. The maximum absolute atomic E-state index is 12.0. The number of nitrogens with one attached hydrogen (secondary N) is 2. The molecule has 2 N–H and O–H groups in total. The monoisotopic (exact) mass is 297 g/mol. The molecule has 102 valence electrons. The van der Waals surface area contributed by atoms with Gasteiger partial charge < -0.3 is 5.32 Å². The number of thiazole rings is 1. The van der Waals surface area contributed by atoms with E-state index < -0.39 is 0 Å². The lowest BCUT2D eigenvalue weighted by molar-refractivity contribution is -0.115. The number of amides is 1. The van der Waals surface area contributed by atoms with Gasteiger partial charge in [-0.2, -0.15) is 0 Å². The lowest BCUT2D eigenvalue weighted by Gasteiger charge is -2.07. The van der Waals surface area contributed by atoms with Crippen molar-refractivity contribution in [3.63, 3.8) is 0 Å². The summed E-state index contributed by atoms with van der Waals surface area (Å²) in [6.07, 6.45) is 0. The van der Waals surface area contributed by atoms with Crippen molar-refractivity contribution in [1.29, 1.82) is 0 Å². The standard InChI is InChI=1S/C11H15N5OS2/c1-5-6(2)18-10(12-5)14-9(17)7(3)19-11-13-8(4)15-16-11/h7H,1-4H3,(H,12,14,17)(H,13,15,16)/t7-/m0/s1. The van der Waals surface area contributed by atoms with Gasteiger partial charge in [0.05, 0.1) is 10.9 Å². The summed E-state index contributed by atoms with van der Waals surface area (Å²) in [4.78, 5) is 21.6. The molecule has 2 heterocycles. The summed E-state index contributed by atoms with van der Waals surface area (Å²) >= 11 is 2.79. The predicted octanol–water partition coefficient (Wildman–Crippen LogP) is 2.31. The minimum absolute atomic E-state index is 0.0961. The molecule has 0 aromatic carbocycles. The van der Waals surface area contributed by atoms with Crippen LogP contribution in [0, 0.1) is 20.8 Å². The molecular weight excluding hydrogens is 282 g/mol. The van der Waals surface area contributed by atoms with E-state index in [1.165, 1.54) is 23.1 Å². The number of aromatic nitrogens is 4. The van der Waals surface area contributed by atoms with Gasteiger partial charge in [-0.15, -0.1) is 16.4 Å². The van der Waals surface area contributed by atoms with Crippen molar-refractivity contribution < 1.29 is 4.79 Å². The Labute approximate surface area is 119 Å². The quantitative estimate of drug-likeness (QED) is 0.846. The topological polar surface area (TPSA) is 83.6 Å². The minimum atomic E-state index is -0.278. The van der Waals surface area contributed by atoms with Crippen LogP contribution in [0.3, 0.4) is 0 Å². The van der Waals surface area contributed by atoms with Crippen molar-refractivity contribution in [1.82, 2.24) is 20.2 Å². The second-order valence-electron chi connectivity index (χ2n) is 4.11. The molecule has 0 aliphatic heterocycles. The highest BCUT2D eigenvalue weighted by molar-refractivity contribution is 8.00. The van der Waals surface area contributed by atoms with Crippen LogP contribution in [0.2, 0.25) is 0 Å². The van der Waals surface area contributed by atoms with Crippen molar-refractivity contribution >= 4 is 34.1 Å². The molecule has 0 aliphatic carbocycles. The molecule has 2 aromatic heterocycles. The fourth-order valence-electron chi connectivity index (χ4n) is 1.32. The first kappa shape index (κ1) is 14.0. The van der Waals surface area contributed by atoms with Crippen molar-refractivity contribution in [2.24, 2.45) is 0 Å². The molecule has 6 nitrogen and oxygen atoms in total. The molecule has 0 bridgehead atoms. The van der Waals surface area contributed by atoms with Crippen LogP contribution < -0.4 is 5.32 Å². The van der Waals surface area contributed by atoms with E-state index in [0.717, 1.165) is 16.4 Å². The number of carbonyl (C=O) groups excluding carboxylic acids is 1. The maximum atomic E-state index is 12.0. The summed E-state index contributed by atoms with van der Waals surface area (Å²) in [7, 11) is 0. The summed E-state index contributed by atoms with van der Waals surface area (Å²) < 4.78 is 0. The molecule has 2 aromatic rings. The van der Waals surface area contributed by atoms with Gasteiger partial charge in [0.25, 0.3) is 0 Å². The molecule has 19 heavy (non-hydrogen) atoms. The van der Waals surface area contributed by atoms with Crippen LogP contribution in [0.25, 0.3) is 0 Å². The number of H-pyrrole nitrogens is 1. The predicted molar refractivity (Wildman–Crippen MR) is 76.7 cm³/mol. The number of rotatable bonds is 4. The van der Waals surface area contributed by atoms with Gasteiger partial charge in [0.2, 0.25) is 11.1 Å². The van der Waals surface area contributed by atoms with Crippen molar-refractivity contribution in [2.75, 3.05) is 5.32 Å². The third kappa shape index (κ3) is 3.54. The molecule has 0 fully saturated rings. The highest BCUT2D eigenvalue weighted by Crippen LogP contribution is 2.24. The number of carbonyl (C=O) groups is 1. The third-order valence-corrected chi connectivity index (χ3v) is 4.44. The van der Waals surface area contributed by atoms with E-state index in [-0.39, 0.29) is 11.2 Å². The summed E-state index contributed by atoms with van der Waals surface area (Å²) in [6.45, 7) is 7.55. The molecule has 0 radical (unpaired) electrons. The van der Waals surface area contributed by atoms with Crippen LogP contribution in [-0.2, 0) is 4.79 Å². The molecule has 1 amide bonds. The summed E-state index contributed by atoms with van der Waals surface area (Å²) in [5, 5.41) is 10.5. The molecule has 1 atom stereocenters. The average molecular weight is 297 g/mol. The van der Waals surface area contributed by atoms with E-state index in [1.54, 1.807) is 0 Å². The van der Waals surface area contributed by atoms with E-state index >= 15 is 0 Å². The van der Waals surface area contributed by atoms with Crippen LogP contribution in [0.4, 0.5) is 5.13 Å². The molecule has 8 heteroatoms. The second-order valence-corrected chi connectivity index (χ2v) is 6.62. The molecule has 0 spiro atoms. The zero-order chi connectivity index (χ0) is 14.0. The van der Waals surface area contributed by atoms with Gasteiger partial charge in [0.1, 0.15) is 5.82 Å². The van der Waals surface area contributed by atoms with Crippen molar-refractivity contribution in [3.05, 3.63) is 16.4 Å². The van der Waals surface area contributed by atoms with Crippen LogP contribution in [0.1, 0.15) is 23.3 Å². The summed E-state index contributed by atoms with van der Waals surface area (Å²) in [6, 6.07) is 0. The second kappa shape index (κ2) is 5.70. The molecule has 0 unspecified atom stereocenters. The Bertz CT molecular complexity index is 572.